The molecule has 0 radical (unpaired) electrons. The van der Waals surface area contributed by atoms with Crippen LogP contribution in [0, 0.1) is 6.92 Å². The zero-order valence-electron chi connectivity index (χ0n) is 9.64. The van der Waals surface area contributed by atoms with Gasteiger partial charge in [0.15, 0.2) is 0 Å². The summed E-state index contributed by atoms with van der Waals surface area (Å²) in [7, 11) is 0. The summed E-state index contributed by atoms with van der Waals surface area (Å²) in [6.07, 6.45) is 0. The molecule has 0 atom stereocenters. The molecule has 16 heavy (non-hydrogen) atoms. The molecule has 2 aromatic carbocycles. The molecule has 1 nitrogen and oxygen atoms in total. The molecule has 0 aliphatic rings. The smallest absolute Gasteiger partial charge is 0.0633 e. The van der Waals surface area contributed by atoms with Crippen LogP contribution in [0.1, 0.15) is 18.1 Å². The number of para-hydroxylation sites is 1. The predicted molar refractivity (Wildman–Crippen MR) is 69.5 cm³/mol. The van der Waals surface area contributed by atoms with Crippen molar-refractivity contribution in [3.63, 3.8) is 0 Å². The van der Waals surface area contributed by atoms with Crippen molar-refractivity contribution in [3.05, 3.63) is 65.7 Å². The van der Waals surface area contributed by atoms with Gasteiger partial charge in [0.1, 0.15) is 0 Å². The zero-order valence-corrected chi connectivity index (χ0v) is 9.64. The lowest BCUT2D eigenvalue weighted by molar-refractivity contribution is 1.40. The molecule has 0 aliphatic carbocycles. The van der Waals surface area contributed by atoms with Gasteiger partial charge in [-0.05, 0) is 37.1 Å². The first-order valence-corrected chi connectivity index (χ1v) is 5.44. The van der Waals surface area contributed by atoms with Gasteiger partial charge in [-0.2, -0.15) is 0 Å². The Morgan fingerprint density at radius 1 is 0.875 bits per heavy atom. The van der Waals surface area contributed by atoms with Gasteiger partial charge < -0.3 is 0 Å². The Bertz CT molecular complexity index is 498. The maximum atomic E-state index is 4.61. The van der Waals surface area contributed by atoms with E-state index in [1.54, 1.807) is 0 Å². The van der Waals surface area contributed by atoms with Crippen molar-refractivity contribution in [2.24, 2.45) is 4.99 Å². The van der Waals surface area contributed by atoms with E-state index in [1.165, 1.54) is 11.1 Å². The molecule has 2 aromatic rings. The molecule has 0 saturated carbocycles. The minimum atomic E-state index is 1.00. The molecule has 0 amide bonds. The first-order chi connectivity index (χ1) is 7.77. The van der Waals surface area contributed by atoms with Crippen LogP contribution < -0.4 is 0 Å². The number of aliphatic imine (C=N–C) groups is 1. The highest BCUT2D eigenvalue weighted by Crippen LogP contribution is 2.15. The van der Waals surface area contributed by atoms with Crippen LogP contribution in [0.5, 0.6) is 0 Å². The average Bonchev–Trinajstić information content (AvgIpc) is 2.31. The molecule has 80 valence electrons. The van der Waals surface area contributed by atoms with Gasteiger partial charge in [-0.25, -0.2) is 0 Å². The third-order valence-corrected chi connectivity index (χ3v) is 2.59. The lowest BCUT2D eigenvalue weighted by Gasteiger charge is -2.04. The first kappa shape index (κ1) is 10.6. The Morgan fingerprint density at radius 3 is 2.19 bits per heavy atom. The van der Waals surface area contributed by atoms with E-state index in [0.29, 0.717) is 0 Å². The molecular weight excluding hydrogens is 194 g/mol. The van der Waals surface area contributed by atoms with Crippen molar-refractivity contribution >= 4 is 11.4 Å². The minimum absolute atomic E-state index is 1.00. The van der Waals surface area contributed by atoms with Gasteiger partial charge in [0, 0.05) is 5.71 Å². The highest BCUT2D eigenvalue weighted by molar-refractivity contribution is 6.01. The van der Waals surface area contributed by atoms with Crippen LogP contribution in [0.2, 0.25) is 0 Å². The van der Waals surface area contributed by atoms with Gasteiger partial charge in [0.25, 0.3) is 0 Å². The van der Waals surface area contributed by atoms with Crippen molar-refractivity contribution < 1.29 is 0 Å². The van der Waals surface area contributed by atoms with E-state index in [9.17, 15) is 0 Å². The van der Waals surface area contributed by atoms with E-state index in [0.717, 1.165) is 11.4 Å². The largest absolute Gasteiger partial charge is 0.253 e. The summed E-state index contributed by atoms with van der Waals surface area (Å²) >= 11 is 0. The van der Waals surface area contributed by atoms with Gasteiger partial charge in [-0.1, -0.05) is 42.5 Å². The molecule has 0 heterocycles. The van der Waals surface area contributed by atoms with E-state index >= 15 is 0 Å². The van der Waals surface area contributed by atoms with Gasteiger partial charge in [-0.15, -0.1) is 0 Å². The van der Waals surface area contributed by atoms with Crippen LogP contribution in [0.15, 0.2) is 59.6 Å². The minimum Gasteiger partial charge on any atom is -0.253 e. The number of benzene rings is 2. The highest BCUT2D eigenvalue weighted by Gasteiger charge is 2.00. The molecule has 2 rings (SSSR count). The van der Waals surface area contributed by atoms with Gasteiger partial charge in [0.05, 0.1) is 5.69 Å². The summed E-state index contributed by atoms with van der Waals surface area (Å²) in [5, 5.41) is 0. The first-order valence-electron chi connectivity index (χ1n) is 5.44. The topological polar surface area (TPSA) is 12.4 Å². The highest BCUT2D eigenvalue weighted by atomic mass is 14.7. The van der Waals surface area contributed by atoms with Crippen molar-refractivity contribution in [3.8, 4) is 0 Å². The summed E-state index contributed by atoms with van der Waals surface area (Å²) in [6.45, 7) is 4.16. The number of hydrogen-bond donors (Lipinski definition) is 0. The second-order valence-electron chi connectivity index (χ2n) is 3.85. The summed E-state index contributed by atoms with van der Waals surface area (Å²) in [5.41, 5.74) is 4.54. The summed E-state index contributed by atoms with van der Waals surface area (Å²) in [4.78, 5) is 4.61. The van der Waals surface area contributed by atoms with Crippen LogP contribution in [-0.4, -0.2) is 5.71 Å². The van der Waals surface area contributed by atoms with E-state index in [2.05, 4.69) is 37.0 Å². The van der Waals surface area contributed by atoms with Crippen molar-refractivity contribution in [1.29, 1.82) is 0 Å². The molecule has 0 fully saturated rings. The molecule has 0 saturated heterocycles. The monoisotopic (exact) mass is 209 g/mol. The second kappa shape index (κ2) is 4.75. The number of nitrogens with zero attached hydrogens (tertiary/aromatic N) is 1. The molecular formula is C15H15N. The van der Waals surface area contributed by atoms with Crippen LogP contribution in [-0.2, 0) is 0 Å². The normalized spacial score (nSPS) is 11.5. The maximum absolute atomic E-state index is 4.61. The van der Waals surface area contributed by atoms with Gasteiger partial charge in [-0.3, -0.25) is 4.99 Å². The fraction of sp³-hybridized carbons (Fsp3) is 0.133. The van der Waals surface area contributed by atoms with E-state index in [-0.39, 0.29) is 0 Å². The number of aryl methyl sites for hydroxylation is 1. The molecule has 1 heteroatoms. The van der Waals surface area contributed by atoms with Crippen molar-refractivity contribution in [2.75, 3.05) is 0 Å². The Morgan fingerprint density at radius 2 is 1.50 bits per heavy atom. The van der Waals surface area contributed by atoms with Crippen LogP contribution >= 0.6 is 0 Å². The summed E-state index contributed by atoms with van der Waals surface area (Å²) in [6, 6.07) is 18.4. The molecule has 0 aliphatic heterocycles. The van der Waals surface area contributed by atoms with Crippen molar-refractivity contribution in [2.45, 2.75) is 13.8 Å². The molecule has 0 aromatic heterocycles. The predicted octanol–water partition coefficient (Wildman–Crippen LogP) is 4.14. The summed E-state index contributed by atoms with van der Waals surface area (Å²) in [5.74, 6) is 0. The van der Waals surface area contributed by atoms with Crippen LogP contribution in [0.25, 0.3) is 0 Å². The Hall–Kier alpha value is -1.89. The van der Waals surface area contributed by atoms with Crippen LogP contribution in [0.4, 0.5) is 5.69 Å². The standard InChI is InChI=1S/C15H15N/c1-12-8-6-7-11-15(12)13(2)16-14-9-4-3-5-10-14/h3-11H,1-2H3. The van der Waals surface area contributed by atoms with E-state index in [1.807, 2.05) is 36.4 Å². The quantitative estimate of drug-likeness (QED) is 0.659. The van der Waals surface area contributed by atoms with Crippen molar-refractivity contribution in [1.82, 2.24) is 0 Å². The fourth-order valence-electron chi connectivity index (χ4n) is 1.74. The SMILES string of the molecule is CC(=Nc1ccccc1)c1ccccc1C. The molecule has 0 N–H and O–H groups in total. The van der Waals surface area contributed by atoms with Gasteiger partial charge >= 0.3 is 0 Å². The molecule has 0 bridgehead atoms. The van der Waals surface area contributed by atoms with E-state index in [4.69, 9.17) is 0 Å². The summed E-state index contributed by atoms with van der Waals surface area (Å²) < 4.78 is 0. The Balaban J connectivity index is 2.36. The van der Waals surface area contributed by atoms with Gasteiger partial charge in [0.2, 0.25) is 0 Å². The Kier molecular flexibility index (Phi) is 3.16. The molecule has 0 unspecified atom stereocenters. The average molecular weight is 209 g/mol. The third-order valence-electron chi connectivity index (χ3n) is 2.59. The van der Waals surface area contributed by atoms with Crippen LogP contribution in [0.3, 0.4) is 0 Å². The zero-order chi connectivity index (χ0) is 11.4. The lowest BCUT2D eigenvalue weighted by atomic mass is 10.1. The number of rotatable bonds is 2. The lowest BCUT2D eigenvalue weighted by Crippen LogP contribution is -1.96. The fourth-order valence-corrected chi connectivity index (χ4v) is 1.74. The second-order valence-corrected chi connectivity index (χ2v) is 3.85. The maximum Gasteiger partial charge on any atom is 0.0633 e. The third kappa shape index (κ3) is 2.37. The Labute approximate surface area is 96.5 Å². The van der Waals surface area contributed by atoms with E-state index < -0.39 is 0 Å². The number of hydrogen-bond acceptors (Lipinski definition) is 1. The molecule has 0 spiro atoms.